The lowest BCUT2D eigenvalue weighted by Crippen LogP contribution is -1.97. The monoisotopic (exact) mass is 246 g/mol. The number of hydrogen-bond acceptors (Lipinski definition) is 2. The average Bonchev–Trinajstić information content (AvgIpc) is 2.33. The Kier molecular flexibility index (Phi) is 6.20. The lowest BCUT2D eigenvalue weighted by Gasteiger charge is -2.06. The highest BCUT2D eigenvalue weighted by Crippen LogP contribution is 2.14. The van der Waals surface area contributed by atoms with E-state index < -0.39 is 0 Å². The van der Waals surface area contributed by atoms with Gasteiger partial charge in [0, 0.05) is 6.42 Å². The average molecular weight is 246 g/mol. The Hall–Kier alpha value is -1.57. The Labute approximate surface area is 110 Å². The second-order valence-electron chi connectivity index (χ2n) is 4.76. The van der Waals surface area contributed by atoms with E-state index in [1.807, 2.05) is 24.3 Å². The molecule has 0 heterocycles. The van der Waals surface area contributed by atoms with Gasteiger partial charge in [-0.05, 0) is 51.3 Å². The first kappa shape index (κ1) is 14.5. The number of ether oxygens (including phenoxy) is 1. The third kappa shape index (κ3) is 6.24. The summed E-state index contributed by atoms with van der Waals surface area (Å²) in [6.07, 6.45) is 4.53. The molecule has 0 aliphatic heterocycles. The van der Waals surface area contributed by atoms with E-state index in [1.54, 1.807) is 6.92 Å². The van der Waals surface area contributed by atoms with E-state index in [2.05, 4.69) is 19.9 Å². The summed E-state index contributed by atoms with van der Waals surface area (Å²) < 4.78 is 5.63. The Morgan fingerprint density at radius 1 is 1.17 bits per heavy atom. The second kappa shape index (κ2) is 7.70. The zero-order valence-electron chi connectivity index (χ0n) is 11.5. The standard InChI is InChI=1S/C16H22O2/c1-13(2)5-4-12-18-16-10-8-15(9-11-16)7-6-14(3)17/h5,8-11H,4,6-7,12H2,1-3H3. The number of rotatable bonds is 7. The highest BCUT2D eigenvalue weighted by Gasteiger charge is 1.98. The third-order valence-corrected chi connectivity index (χ3v) is 2.63. The molecule has 0 unspecified atom stereocenters. The predicted octanol–water partition coefficient (Wildman–Crippen LogP) is 3.94. The molecule has 98 valence electrons. The molecular weight excluding hydrogens is 224 g/mol. The van der Waals surface area contributed by atoms with Gasteiger partial charge in [0.1, 0.15) is 11.5 Å². The molecular formula is C16H22O2. The molecule has 0 bridgehead atoms. The minimum atomic E-state index is 0.233. The van der Waals surface area contributed by atoms with E-state index in [9.17, 15) is 4.79 Å². The van der Waals surface area contributed by atoms with Gasteiger partial charge in [0.15, 0.2) is 0 Å². The fraction of sp³-hybridized carbons (Fsp3) is 0.438. The van der Waals surface area contributed by atoms with Crippen molar-refractivity contribution >= 4 is 5.78 Å². The van der Waals surface area contributed by atoms with Crippen LogP contribution in [-0.2, 0) is 11.2 Å². The zero-order chi connectivity index (χ0) is 13.4. The van der Waals surface area contributed by atoms with E-state index in [0.717, 1.165) is 18.6 Å². The Bertz CT molecular complexity index is 398. The van der Waals surface area contributed by atoms with Crippen LogP contribution in [0, 0.1) is 0 Å². The molecule has 0 radical (unpaired) electrons. The molecule has 1 rings (SSSR count). The summed E-state index contributed by atoms with van der Waals surface area (Å²) >= 11 is 0. The third-order valence-electron chi connectivity index (χ3n) is 2.63. The zero-order valence-corrected chi connectivity index (χ0v) is 11.5. The van der Waals surface area contributed by atoms with Gasteiger partial charge in [-0.25, -0.2) is 0 Å². The van der Waals surface area contributed by atoms with Gasteiger partial charge < -0.3 is 9.53 Å². The van der Waals surface area contributed by atoms with Gasteiger partial charge in [-0.2, -0.15) is 0 Å². The van der Waals surface area contributed by atoms with Gasteiger partial charge in [0.2, 0.25) is 0 Å². The van der Waals surface area contributed by atoms with E-state index in [4.69, 9.17) is 4.74 Å². The summed E-state index contributed by atoms with van der Waals surface area (Å²) in [6, 6.07) is 7.99. The molecule has 0 aliphatic rings. The fourth-order valence-corrected chi connectivity index (χ4v) is 1.60. The van der Waals surface area contributed by atoms with Crippen molar-refractivity contribution in [1.29, 1.82) is 0 Å². The summed E-state index contributed by atoms with van der Waals surface area (Å²) in [6.45, 7) is 6.51. The first-order chi connectivity index (χ1) is 8.58. The van der Waals surface area contributed by atoms with Gasteiger partial charge in [-0.1, -0.05) is 23.8 Å². The van der Waals surface area contributed by atoms with Gasteiger partial charge in [-0.15, -0.1) is 0 Å². The first-order valence-corrected chi connectivity index (χ1v) is 6.42. The van der Waals surface area contributed by atoms with Crippen molar-refractivity contribution < 1.29 is 9.53 Å². The van der Waals surface area contributed by atoms with Crippen molar-refractivity contribution in [3.63, 3.8) is 0 Å². The molecule has 18 heavy (non-hydrogen) atoms. The number of carbonyl (C=O) groups is 1. The molecule has 0 N–H and O–H groups in total. The SMILES string of the molecule is CC(=O)CCc1ccc(OCCC=C(C)C)cc1. The molecule has 2 nitrogen and oxygen atoms in total. The van der Waals surface area contributed by atoms with Crippen molar-refractivity contribution in [2.75, 3.05) is 6.61 Å². The smallest absolute Gasteiger partial charge is 0.130 e. The second-order valence-corrected chi connectivity index (χ2v) is 4.76. The van der Waals surface area contributed by atoms with E-state index in [0.29, 0.717) is 13.0 Å². The molecule has 0 amide bonds. The van der Waals surface area contributed by atoms with Gasteiger partial charge >= 0.3 is 0 Å². The topological polar surface area (TPSA) is 26.3 Å². The molecule has 1 aromatic carbocycles. The predicted molar refractivity (Wildman–Crippen MR) is 75.0 cm³/mol. The maximum absolute atomic E-state index is 10.9. The number of carbonyl (C=O) groups excluding carboxylic acids is 1. The lowest BCUT2D eigenvalue weighted by molar-refractivity contribution is -0.116. The van der Waals surface area contributed by atoms with Gasteiger partial charge in [-0.3, -0.25) is 0 Å². The molecule has 0 fully saturated rings. The molecule has 0 aromatic heterocycles. The van der Waals surface area contributed by atoms with Crippen LogP contribution in [0.2, 0.25) is 0 Å². The largest absolute Gasteiger partial charge is 0.493 e. The number of aryl methyl sites for hydroxylation is 1. The fourth-order valence-electron chi connectivity index (χ4n) is 1.60. The van der Waals surface area contributed by atoms with E-state index >= 15 is 0 Å². The van der Waals surface area contributed by atoms with Gasteiger partial charge in [0.05, 0.1) is 6.61 Å². The van der Waals surface area contributed by atoms with Crippen LogP contribution in [0.1, 0.15) is 39.2 Å². The maximum Gasteiger partial charge on any atom is 0.130 e. The number of Topliss-reactive ketones (excluding diaryl/α,β-unsaturated/α-hetero) is 1. The van der Waals surface area contributed by atoms with Crippen molar-refractivity contribution in [2.45, 2.75) is 40.0 Å². The molecule has 0 saturated carbocycles. The van der Waals surface area contributed by atoms with E-state index in [1.165, 1.54) is 11.1 Å². The number of ketones is 1. The van der Waals surface area contributed by atoms with Crippen LogP contribution in [0.4, 0.5) is 0 Å². The Morgan fingerprint density at radius 3 is 2.39 bits per heavy atom. The summed E-state index contributed by atoms with van der Waals surface area (Å²) in [7, 11) is 0. The maximum atomic E-state index is 10.9. The Balaban J connectivity index is 2.36. The van der Waals surface area contributed by atoms with Crippen LogP contribution in [0.5, 0.6) is 5.75 Å². The summed E-state index contributed by atoms with van der Waals surface area (Å²) in [5.74, 6) is 1.13. The van der Waals surface area contributed by atoms with Crippen LogP contribution in [0.15, 0.2) is 35.9 Å². The Morgan fingerprint density at radius 2 is 1.83 bits per heavy atom. The molecule has 0 saturated heterocycles. The minimum Gasteiger partial charge on any atom is -0.493 e. The normalized spacial score (nSPS) is 9.94. The quantitative estimate of drug-likeness (QED) is 0.538. The van der Waals surface area contributed by atoms with Crippen molar-refractivity contribution in [1.82, 2.24) is 0 Å². The summed E-state index contributed by atoms with van der Waals surface area (Å²) in [5, 5.41) is 0. The lowest BCUT2D eigenvalue weighted by atomic mass is 10.1. The highest BCUT2D eigenvalue weighted by atomic mass is 16.5. The van der Waals surface area contributed by atoms with Crippen molar-refractivity contribution in [3.8, 4) is 5.75 Å². The molecule has 2 heteroatoms. The number of benzene rings is 1. The first-order valence-electron chi connectivity index (χ1n) is 6.42. The molecule has 0 spiro atoms. The van der Waals surface area contributed by atoms with Crippen molar-refractivity contribution in [3.05, 3.63) is 41.5 Å². The van der Waals surface area contributed by atoms with Crippen LogP contribution < -0.4 is 4.74 Å². The van der Waals surface area contributed by atoms with Crippen LogP contribution in [0.3, 0.4) is 0 Å². The summed E-state index contributed by atoms with van der Waals surface area (Å²) in [4.78, 5) is 10.9. The van der Waals surface area contributed by atoms with Crippen LogP contribution >= 0.6 is 0 Å². The summed E-state index contributed by atoms with van der Waals surface area (Å²) in [5.41, 5.74) is 2.50. The van der Waals surface area contributed by atoms with Crippen molar-refractivity contribution in [2.24, 2.45) is 0 Å². The van der Waals surface area contributed by atoms with Gasteiger partial charge in [0.25, 0.3) is 0 Å². The number of hydrogen-bond donors (Lipinski definition) is 0. The molecule has 1 aromatic rings. The minimum absolute atomic E-state index is 0.233. The van der Waals surface area contributed by atoms with E-state index in [-0.39, 0.29) is 5.78 Å². The van der Waals surface area contributed by atoms with Crippen LogP contribution in [0.25, 0.3) is 0 Å². The van der Waals surface area contributed by atoms with Crippen LogP contribution in [-0.4, -0.2) is 12.4 Å². The highest BCUT2D eigenvalue weighted by molar-refractivity contribution is 5.75. The number of allylic oxidation sites excluding steroid dienone is 1. The molecule has 0 aliphatic carbocycles. The molecule has 0 atom stereocenters.